The van der Waals surface area contributed by atoms with Gasteiger partial charge in [0.15, 0.2) is 11.5 Å². The highest BCUT2D eigenvalue weighted by Gasteiger charge is 2.11. The van der Waals surface area contributed by atoms with Crippen molar-refractivity contribution >= 4 is 20.9 Å². The van der Waals surface area contributed by atoms with E-state index in [0.717, 1.165) is 6.07 Å². The minimum atomic E-state index is -4.28. The predicted octanol–water partition coefficient (Wildman–Crippen LogP) is 1.30. The van der Waals surface area contributed by atoms with Crippen LogP contribution in [-0.2, 0) is 10.1 Å². The lowest BCUT2D eigenvalue weighted by molar-refractivity contribution is 0.404. The Morgan fingerprint density at radius 1 is 1.12 bits per heavy atom. The van der Waals surface area contributed by atoms with E-state index in [1.165, 1.54) is 18.2 Å². The van der Waals surface area contributed by atoms with Crippen molar-refractivity contribution in [2.24, 2.45) is 0 Å². The van der Waals surface area contributed by atoms with E-state index in [0.29, 0.717) is 5.39 Å². The van der Waals surface area contributed by atoms with Crippen molar-refractivity contribution in [2.45, 2.75) is 4.90 Å². The molecule has 0 fully saturated rings. The Morgan fingerprint density at radius 2 is 1.81 bits per heavy atom. The highest BCUT2D eigenvalue weighted by Crippen LogP contribution is 2.30. The van der Waals surface area contributed by atoms with Gasteiger partial charge in [0, 0.05) is 6.07 Å². The summed E-state index contributed by atoms with van der Waals surface area (Å²) in [4.78, 5) is -0.290. The van der Waals surface area contributed by atoms with Crippen molar-refractivity contribution in [3.05, 3.63) is 30.3 Å². The molecule has 83 valence electrons. The molecule has 2 aromatic carbocycles. The Labute approximate surface area is 91.3 Å². The molecule has 0 aliphatic carbocycles. The lowest BCUT2D eigenvalue weighted by Crippen LogP contribution is -1.97. The highest BCUT2D eigenvalue weighted by molar-refractivity contribution is 7.85. The number of phenols is 2. The monoisotopic (exact) mass is 239 g/mol. The molecular weight excluding hydrogens is 232 g/mol. The summed E-state index contributed by atoms with van der Waals surface area (Å²) in [5.41, 5.74) is 0. The lowest BCUT2D eigenvalue weighted by Gasteiger charge is -2.03. The van der Waals surface area contributed by atoms with Crippen molar-refractivity contribution in [2.75, 3.05) is 0 Å². The molecular formula is C10H7O5S. The van der Waals surface area contributed by atoms with Crippen molar-refractivity contribution in [1.29, 1.82) is 0 Å². The van der Waals surface area contributed by atoms with Gasteiger partial charge in [-0.2, -0.15) is 8.42 Å². The van der Waals surface area contributed by atoms with Gasteiger partial charge < -0.3 is 10.2 Å². The van der Waals surface area contributed by atoms with Crippen LogP contribution >= 0.6 is 0 Å². The summed E-state index contributed by atoms with van der Waals surface area (Å²) in [6.45, 7) is 0. The SMILES string of the molecule is O=S(=O)(O)c1ccc2cc(O)c(O)[c]c2c1. The number of phenolic OH excluding ortho intramolecular Hbond substituents is 2. The van der Waals surface area contributed by atoms with Crippen molar-refractivity contribution in [3.8, 4) is 11.5 Å². The highest BCUT2D eigenvalue weighted by atomic mass is 32.2. The second kappa shape index (κ2) is 3.36. The van der Waals surface area contributed by atoms with Gasteiger partial charge in [0.25, 0.3) is 10.1 Å². The summed E-state index contributed by atoms with van der Waals surface area (Å²) in [5.74, 6) is -0.813. The van der Waals surface area contributed by atoms with Crippen molar-refractivity contribution in [3.63, 3.8) is 0 Å². The van der Waals surface area contributed by atoms with Crippen LogP contribution in [0.5, 0.6) is 11.5 Å². The van der Waals surface area contributed by atoms with Crippen LogP contribution < -0.4 is 0 Å². The van der Waals surface area contributed by atoms with Gasteiger partial charge in [-0.25, -0.2) is 0 Å². The Balaban J connectivity index is 2.77. The molecule has 3 N–H and O–H groups in total. The normalized spacial score (nSPS) is 11.8. The molecule has 0 aliphatic rings. The van der Waals surface area contributed by atoms with E-state index in [2.05, 4.69) is 6.07 Å². The third-order valence-electron chi connectivity index (χ3n) is 2.11. The molecule has 0 spiro atoms. The van der Waals surface area contributed by atoms with Gasteiger partial charge in [0.2, 0.25) is 0 Å². The van der Waals surface area contributed by atoms with Gasteiger partial charge in [-0.1, -0.05) is 6.07 Å². The summed E-state index contributed by atoms with van der Waals surface area (Å²) in [5, 5.41) is 19.2. The van der Waals surface area contributed by atoms with E-state index >= 15 is 0 Å². The maximum Gasteiger partial charge on any atom is 0.294 e. The fraction of sp³-hybridized carbons (Fsp3) is 0. The minimum absolute atomic E-state index is 0.283. The van der Waals surface area contributed by atoms with E-state index in [1.54, 1.807) is 0 Å². The van der Waals surface area contributed by atoms with E-state index in [9.17, 15) is 18.6 Å². The van der Waals surface area contributed by atoms with Crippen molar-refractivity contribution in [1.82, 2.24) is 0 Å². The van der Waals surface area contributed by atoms with E-state index < -0.39 is 15.9 Å². The molecule has 6 heteroatoms. The zero-order chi connectivity index (χ0) is 11.9. The van der Waals surface area contributed by atoms with Gasteiger partial charge >= 0.3 is 0 Å². The van der Waals surface area contributed by atoms with Crippen LogP contribution in [0.15, 0.2) is 29.2 Å². The number of aromatic hydroxyl groups is 2. The number of benzene rings is 2. The maximum absolute atomic E-state index is 10.9. The third kappa shape index (κ3) is 1.80. The Morgan fingerprint density at radius 3 is 2.44 bits per heavy atom. The Bertz CT molecular complexity index is 660. The van der Waals surface area contributed by atoms with Crippen LogP contribution in [0.25, 0.3) is 10.8 Å². The van der Waals surface area contributed by atoms with Crippen LogP contribution in [0, 0.1) is 6.07 Å². The topological polar surface area (TPSA) is 94.8 Å². The molecule has 1 radical (unpaired) electrons. The summed E-state index contributed by atoms with van der Waals surface area (Å²) in [7, 11) is -4.28. The lowest BCUT2D eigenvalue weighted by atomic mass is 10.1. The average molecular weight is 239 g/mol. The zero-order valence-corrected chi connectivity index (χ0v) is 8.69. The fourth-order valence-electron chi connectivity index (χ4n) is 1.34. The Hall–Kier alpha value is -1.79. The molecule has 0 saturated heterocycles. The molecule has 16 heavy (non-hydrogen) atoms. The molecule has 0 amide bonds. The first-order valence-electron chi connectivity index (χ1n) is 4.23. The molecule has 0 aliphatic heterocycles. The van der Waals surface area contributed by atoms with Crippen LogP contribution in [0.3, 0.4) is 0 Å². The number of fused-ring (bicyclic) bond motifs is 1. The second-order valence-electron chi connectivity index (χ2n) is 3.23. The van der Waals surface area contributed by atoms with Gasteiger partial charge in [-0.05, 0) is 29.0 Å². The van der Waals surface area contributed by atoms with Crippen LogP contribution in [-0.4, -0.2) is 23.2 Å². The fourth-order valence-corrected chi connectivity index (χ4v) is 1.84. The number of hydrogen-bond acceptors (Lipinski definition) is 4. The number of rotatable bonds is 1. The third-order valence-corrected chi connectivity index (χ3v) is 2.96. The van der Waals surface area contributed by atoms with Gasteiger partial charge in [0.1, 0.15) is 0 Å². The summed E-state index contributed by atoms with van der Waals surface area (Å²) < 4.78 is 30.5. The van der Waals surface area contributed by atoms with E-state index in [-0.39, 0.29) is 16.0 Å². The minimum Gasteiger partial charge on any atom is -0.504 e. The van der Waals surface area contributed by atoms with Gasteiger partial charge in [-0.15, -0.1) is 0 Å². The average Bonchev–Trinajstić information content (AvgIpc) is 2.17. The van der Waals surface area contributed by atoms with Gasteiger partial charge in [-0.3, -0.25) is 4.55 Å². The summed E-state index contributed by atoms with van der Waals surface area (Å²) in [6.07, 6.45) is 0. The summed E-state index contributed by atoms with van der Waals surface area (Å²) in [6, 6.07) is 7.42. The largest absolute Gasteiger partial charge is 0.504 e. The van der Waals surface area contributed by atoms with E-state index in [4.69, 9.17) is 4.55 Å². The second-order valence-corrected chi connectivity index (χ2v) is 4.65. The van der Waals surface area contributed by atoms with Crippen LogP contribution in [0.4, 0.5) is 0 Å². The Kier molecular flexibility index (Phi) is 2.25. The summed E-state index contributed by atoms with van der Waals surface area (Å²) >= 11 is 0. The quantitative estimate of drug-likeness (QED) is 0.515. The molecule has 0 saturated carbocycles. The smallest absolute Gasteiger partial charge is 0.294 e. The molecule has 0 heterocycles. The molecule has 0 unspecified atom stereocenters. The molecule has 0 aromatic heterocycles. The standard InChI is InChI=1S/C10H7O5S/c11-9-4-6-1-2-8(16(13,14)15)3-7(6)5-10(9)12/h1-4,11-12H,(H,13,14,15). The van der Waals surface area contributed by atoms with E-state index in [1.807, 2.05) is 0 Å². The van der Waals surface area contributed by atoms with Crippen LogP contribution in [0.1, 0.15) is 0 Å². The maximum atomic E-state index is 10.9. The molecule has 2 aromatic rings. The first-order chi connectivity index (χ1) is 7.38. The predicted molar refractivity (Wildman–Crippen MR) is 55.9 cm³/mol. The molecule has 2 rings (SSSR count). The van der Waals surface area contributed by atoms with Gasteiger partial charge in [0.05, 0.1) is 4.90 Å². The molecule has 0 atom stereocenters. The molecule has 0 bridgehead atoms. The number of hydrogen-bond donors (Lipinski definition) is 3. The molecule has 5 nitrogen and oxygen atoms in total. The van der Waals surface area contributed by atoms with Crippen LogP contribution in [0.2, 0.25) is 0 Å². The van der Waals surface area contributed by atoms with Crippen molar-refractivity contribution < 1.29 is 23.2 Å². The first kappa shape index (κ1) is 10.7. The first-order valence-corrected chi connectivity index (χ1v) is 5.67. The zero-order valence-electron chi connectivity index (χ0n) is 7.88.